The maximum Gasteiger partial charge on any atom is 0.432 e. The molecule has 2 spiro atoms. The smallest absolute Gasteiger partial charge is 0.323 e. The van der Waals surface area contributed by atoms with Gasteiger partial charge in [-0.15, -0.1) is 0 Å². The van der Waals surface area contributed by atoms with E-state index in [0.717, 1.165) is 82.2 Å². The number of aromatic nitrogens is 3. The molecule has 1 aromatic rings. The molecule has 5 fully saturated rings. The maximum absolute atomic E-state index is 13.0. The highest BCUT2D eigenvalue weighted by Gasteiger charge is 2.57. The van der Waals surface area contributed by atoms with Gasteiger partial charge in [-0.2, -0.15) is 18.3 Å². The minimum atomic E-state index is -4.36. The second-order valence-electron chi connectivity index (χ2n) is 12.2. The molecule has 4 aliphatic heterocycles. The maximum atomic E-state index is 13.0. The predicted octanol–water partition coefficient (Wildman–Crippen LogP) is 3.32. The number of carbonyl (C=O) groups is 1. The summed E-state index contributed by atoms with van der Waals surface area (Å²) in [6, 6.07) is 0.166. The molecule has 2 saturated carbocycles. The SMILES string of the molecule is O=C(N1CC2(CCN(CC3=CC(C(F)(F)F)=NC3)CC2)C1)N1CC2(CC(c3n[nH]c(C4CC4)n3)C2)C1. The van der Waals surface area contributed by atoms with Gasteiger partial charge in [0.25, 0.3) is 0 Å². The number of hydrogen-bond donors (Lipinski definition) is 1. The summed E-state index contributed by atoms with van der Waals surface area (Å²) in [6.07, 6.45) is 3.41. The molecule has 0 radical (unpaired) electrons. The summed E-state index contributed by atoms with van der Waals surface area (Å²) in [6.45, 7) is 5.71. The van der Waals surface area contributed by atoms with E-state index in [2.05, 4.69) is 20.1 Å². The lowest BCUT2D eigenvalue weighted by Gasteiger charge is -2.61. The van der Waals surface area contributed by atoms with Crippen molar-refractivity contribution >= 4 is 11.7 Å². The molecule has 11 heteroatoms. The molecule has 1 aromatic heterocycles. The molecule has 0 atom stereocenters. The minimum absolute atomic E-state index is 0.149. The van der Waals surface area contributed by atoms with E-state index >= 15 is 0 Å². The van der Waals surface area contributed by atoms with Crippen LogP contribution in [0.4, 0.5) is 18.0 Å². The summed E-state index contributed by atoms with van der Waals surface area (Å²) in [7, 11) is 0. The van der Waals surface area contributed by atoms with Crippen LogP contribution in [0, 0.1) is 10.8 Å². The number of amides is 2. The van der Waals surface area contributed by atoms with Gasteiger partial charge in [0.15, 0.2) is 5.82 Å². The molecule has 0 unspecified atom stereocenters. The molecule has 0 bridgehead atoms. The monoisotopic (exact) mass is 503 g/mol. The van der Waals surface area contributed by atoms with Crippen molar-refractivity contribution in [2.24, 2.45) is 15.8 Å². The molecule has 7 rings (SSSR count). The molecule has 1 N–H and O–H groups in total. The molecule has 194 valence electrons. The molecule has 2 aliphatic carbocycles. The standard InChI is InChI=1S/C25H32F3N7O/c26-25(27,28)19-7-16(10-29-19)11-33-5-3-23(4-6-33)12-34(13-23)22(36)35-14-24(15-35)8-18(9-24)21-30-20(31-32-21)17-1-2-17/h7,17-18H,1-6,8-15H2,(H,30,31,32). The fraction of sp³-hybridized carbons (Fsp3) is 0.760. The Morgan fingerprint density at radius 1 is 1.03 bits per heavy atom. The number of alkyl halides is 3. The summed E-state index contributed by atoms with van der Waals surface area (Å²) in [5.41, 5.74) is 0.419. The third-order valence-electron chi connectivity index (χ3n) is 9.28. The van der Waals surface area contributed by atoms with Crippen LogP contribution in [0.5, 0.6) is 0 Å². The predicted molar refractivity (Wildman–Crippen MR) is 126 cm³/mol. The van der Waals surface area contributed by atoms with Crippen LogP contribution in [0.1, 0.15) is 62.0 Å². The first-order valence-electron chi connectivity index (χ1n) is 13.2. The average molecular weight is 504 g/mol. The van der Waals surface area contributed by atoms with Crippen LogP contribution >= 0.6 is 0 Å². The number of piperidine rings is 1. The first-order chi connectivity index (χ1) is 17.2. The Morgan fingerprint density at radius 3 is 2.31 bits per heavy atom. The Bertz CT molecular complexity index is 1110. The van der Waals surface area contributed by atoms with Crippen molar-refractivity contribution in [2.45, 2.75) is 56.5 Å². The number of halogens is 3. The average Bonchev–Trinajstić information content (AvgIpc) is 3.29. The fourth-order valence-electron chi connectivity index (χ4n) is 6.96. The van der Waals surface area contributed by atoms with Gasteiger partial charge in [-0.25, -0.2) is 9.78 Å². The van der Waals surface area contributed by atoms with Crippen molar-refractivity contribution in [1.82, 2.24) is 29.9 Å². The lowest BCUT2D eigenvalue weighted by Crippen LogP contribution is -2.70. The van der Waals surface area contributed by atoms with Gasteiger partial charge in [0, 0.05) is 55.4 Å². The number of aromatic amines is 1. The zero-order chi connectivity index (χ0) is 24.7. The number of nitrogens with one attached hydrogen (secondary N) is 1. The fourth-order valence-corrected chi connectivity index (χ4v) is 6.96. The van der Waals surface area contributed by atoms with Crippen LogP contribution in [0.2, 0.25) is 0 Å². The minimum Gasteiger partial charge on any atom is -0.323 e. The normalized spacial score (nSPS) is 27.5. The highest BCUT2D eigenvalue weighted by molar-refractivity contribution is 6.01. The molecule has 6 aliphatic rings. The van der Waals surface area contributed by atoms with E-state index < -0.39 is 11.9 Å². The zero-order valence-electron chi connectivity index (χ0n) is 20.4. The van der Waals surface area contributed by atoms with Crippen LogP contribution in [0.25, 0.3) is 0 Å². The van der Waals surface area contributed by atoms with Crippen LogP contribution in [0.15, 0.2) is 16.6 Å². The van der Waals surface area contributed by atoms with Gasteiger partial charge in [0.2, 0.25) is 0 Å². The second kappa shape index (κ2) is 7.79. The number of aliphatic imine (C=N–C) groups is 1. The van der Waals surface area contributed by atoms with Crippen LogP contribution in [-0.2, 0) is 0 Å². The van der Waals surface area contributed by atoms with Crippen molar-refractivity contribution in [3.8, 4) is 0 Å². The van der Waals surface area contributed by atoms with E-state index in [1.807, 2.05) is 9.80 Å². The number of H-pyrrole nitrogens is 1. The van der Waals surface area contributed by atoms with E-state index in [1.54, 1.807) is 0 Å². The van der Waals surface area contributed by atoms with Crippen molar-refractivity contribution < 1.29 is 18.0 Å². The number of rotatable bonds is 4. The van der Waals surface area contributed by atoms with Crippen molar-refractivity contribution in [1.29, 1.82) is 0 Å². The molecular weight excluding hydrogens is 471 g/mol. The number of hydrogen-bond acceptors (Lipinski definition) is 5. The Balaban J connectivity index is 0.835. The Morgan fingerprint density at radius 2 is 1.69 bits per heavy atom. The topological polar surface area (TPSA) is 80.7 Å². The molecule has 36 heavy (non-hydrogen) atoms. The van der Waals surface area contributed by atoms with E-state index in [4.69, 9.17) is 4.98 Å². The van der Waals surface area contributed by atoms with E-state index in [0.29, 0.717) is 18.4 Å². The number of likely N-dealkylation sites (tertiary alicyclic amines) is 3. The first-order valence-corrected chi connectivity index (χ1v) is 13.2. The van der Waals surface area contributed by atoms with Crippen molar-refractivity contribution in [3.05, 3.63) is 23.3 Å². The molecule has 3 saturated heterocycles. The molecule has 0 aromatic carbocycles. The highest BCUT2D eigenvalue weighted by Crippen LogP contribution is 2.56. The van der Waals surface area contributed by atoms with Crippen LogP contribution in [0.3, 0.4) is 0 Å². The van der Waals surface area contributed by atoms with E-state index in [1.165, 1.54) is 18.9 Å². The second-order valence-corrected chi connectivity index (χ2v) is 12.2. The molecule has 2 amide bonds. The quantitative estimate of drug-likeness (QED) is 0.684. The van der Waals surface area contributed by atoms with Crippen molar-refractivity contribution in [3.63, 3.8) is 0 Å². The van der Waals surface area contributed by atoms with Gasteiger partial charge < -0.3 is 9.80 Å². The largest absolute Gasteiger partial charge is 0.432 e. The van der Waals surface area contributed by atoms with Crippen LogP contribution in [-0.4, -0.2) is 100 Å². The molecular formula is C25H32F3N7O. The zero-order valence-corrected chi connectivity index (χ0v) is 20.4. The molecule has 5 heterocycles. The number of allylic oxidation sites excluding steroid dienone is 1. The van der Waals surface area contributed by atoms with Gasteiger partial charge in [0.05, 0.1) is 6.54 Å². The summed E-state index contributed by atoms with van der Waals surface area (Å²) in [5.74, 6) is 3.03. The lowest BCUT2D eigenvalue weighted by molar-refractivity contribution is -0.0791. The summed E-state index contributed by atoms with van der Waals surface area (Å²) >= 11 is 0. The third-order valence-corrected chi connectivity index (χ3v) is 9.28. The summed E-state index contributed by atoms with van der Waals surface area (Å²) in [5, 5.41) is 7.55. The number of carbonyl (C=O) groups excluding carboxylic acids is 1. The Hall–Kier alpha value is -2.43. The van der Waals surface area contributed by atoms with Gasteiger partial charge in [-0.1, -0.05) is 0 Å². The van der Waals surface area contributed by atoms with Gasteiger partial charge in [-0.3, -0.25) is 15.0 Å². The Labute approximate surface area is 208 Å². The van der Waals surface area contributed by atoms with Gasteiger partial charge in [-0.05, 0) is 63.3 Å². The van der Waals surface area contributed by atoms with Crippen molar-refractivity contribution in [2.75, 3.05) is 52.4 Å². The lowest BCUT2D eigenvalue weighted by atomic mass is 9.57. The van der Waals surface area contributed by atoms with E-state index in [-0.39, 0.29) is 23.4 Å². The van der Waals surface area contributed by atoms with E-state index in [9.17, 15) is 18.0 Å². The van der Waals surface area contributed by atoms with Gasteiger partial charge >= 0.3 is 12.2 Å². The highest BCUT2D eigenvalue weighted by atomic mass is 19.4. The number of urea groups is 1. The number of nitrogens with zero attached hydrogens (tertiary/aromatic N) is 6. The van der Waals surface area contributed by atoms with Crippen LogP contribution < -0.4 is 0 Å². The van der Waals surface area contributed by atoms with Gasteiger partial charge in [0.1, 0.15) is 11.5 Å². The third kappa shape index (κ3) is 3.94. The summed E-state index contributed by atoms with van der Waals surface area (Å²) < 4.78 is 38.4. The Kier molecular flexibility index (Phi) is 4.92. The first kappa shape index (κ1) is 22.7. The summed E-state index contributed by atoms with van der Waals surface area (Å²) in [4.78, 5) is 27.6. The molecule has 8 nitrogen and oxygen atoms in total.